The van der Waals surface area contributed by atoms with E-state index in [0.29, 0.717) is 12.1 Å². The van der Waals surface area contributed by atoms with Gasteiger partial charge in [0, 0.05) is 18.6 Å². The predicted octanol–water partition coefficient (Wildman–Crippen LogP) is 3.47. The molecule has 0 spiro atoms. The van der Waals surface area contributed by atoms with Crippen LogP contribution < -0.4 is 5.32 Å². The van der Waals surface area contributed by atoms with E-state index in [2.05, 4.69) is 54.4 Å². The molecule has 2 unspecified atom stereocenters. The highest BCUT2D eigenvalue weighted by atomic mass is 15.2. The molecule has 1 aromatic rings. The summed E-state index contributed by atoms with van der Waals surface area (Å²) in [5.41, 5.74) is 1.47. The average Bonchev–Trinajstić information content (AvgIpc) is 2.72. The monoisotopic (exact) mass is 274 g/mol. The average molecular weight is 274 g/mol. The van der Waals surface area contributed by atoms with Gasteiger partial charge in [-0.15, -0.1) is 0 Å². The molecule has 1 saturated heterocycles. The summed E-state index contributed by atoms with van der Waals surface area (Å²) in [6, 6.07) is 12.3. The van der Waals surface area contributed by atoms with E-state index in [1.165, 1.54) is 57.3 Å². The van der Waals surface area contributed by atoms with Gasteiger partial charge in [-0.2, -0.15) is 0 Å². The van der Waals surface area contributed by atoms with E-state index in [-0.39, 0.29) is 0 Å². The Hall–Kier alpha value is -0.860. The fourth-order valence-corrected chi connectivity index (χ4v) is 3.17. The maximum absolute atomic E-state index is 3.70. The molecule has 20 heavy (non-hydrogen) atoms. The molecule has 0 bridgehead atoms. The quantitative estimate of drug-likeness (QED) is 0.854. The van der Waals surface area contributed by atoms with Gasteiger partial charge in [-0.3, -0.25) is 4.90 Å². The van der Waals surface area contributed by atoms with Crippen LogP contribution in [0.2, 0.25) is 0 Å². The minimum absolute atomic E-state index is 0.689. The van der Waals surface area contributed by atoms with Crippen molar-refractivity contribution in [2.75, 3.05) is 19.6 Å². The number of benzene rings is 1. The normalized spacial score (nSPS) is 22.4. The van der Waals surface area contributed by atoms with E-state index in [1.54, 1.807) is 0 Å². The van der Waals surface area contributed by atoms with Crippen LogP contribution in [0.25, 0.3) is 0 Å². The molecule has 0 amide bonds. The maximum atomic E-state index is 3.70. The molecular formula is C18H30N2. The first-order valence-corrected chi connectivity index (χ1v) is 8.31. The zero-order valence-corrected chi connectivity index (χ0v) is 13.1. The number of hydrogen-bond acceptors (Lipinski definition) is 2. The zero-order valence-electron chi connectivity index (χ0n) is 13.1. The Morgan fingerprint density at radius 2 is 2.10 bits per heavy atom. The van der Waals surface area contributed by atoms with Gasteiger partial charge in [-0.05, 0) is 51.3 Å². The Balaban J connectivity index is 1.82. The van der Waals surface area contributed by atoms with Crippen LogP contribution in [0.15, 0.2) is 30.3 Å². The molecule has 112 valence electrons. The smallest absolute Gasteiger partial charge is 0.0195 e. The summed E-state index contributed by atoms with van der Waals surface area (Å²) in [7, 11) is 0. The van der Waals surface area contributed by atoms with Gasteiger partial charge >= 0.3 is 0 Å². The highest BCUT2D eigenvalue weighted by molar-refractivity contribution is 5.14. The largest absolute Gasteiger partial charge is 0.313 e. The zero-order chi connectivity index (χ0) is 14.2. The highest BCUT2D eigenvalue weighted by Gasteiger charge is 2.20. The van der Waals surface area contributed by atoms with E-state index in [4.69, 9.17) is 0 Å². The first-order valence-electron chi connectivity index (χ1n) is 8.31. The summed E-state index contributed by atoms with van der Waals surface area (Å²) in [5, 5.41) is 3.70. The summed E-state index contributed by atoms with van der Waals surface area (Å²) >= 11 is 0. The summed E-state index contributed by atoms with van der Waals surface area (Å²) in [4.78, 5) is 2.70. The fraction of sp³-hybridized carbons (Fsp3) is 0.667. The topological polar surface area (TPSA) is 15.3 Å². The predicted molar refractivity (Wildman–Crippen MR) is 87.1 cm³/mol. The van der Waals surface area contributed by atoms with Gasteiger partial charge in [0.2, 0.25) is 0 Å². The molecule has 2 atom stereocenters. The third-order valence-corrected chi connectivity index (χ3v) is 4.46. The van der Waals surface area contributed by atoms with Gasteiger partial charge < -0.3 is 5.32 Å². The Kier molecular flexibility index (Phi) is 6.55. The lowest BCUT2D eigenvalue weighted by Gasteiger charge is -2.30. The lowest BCUT2D eigenvalue weighted by Crippen LogP contribution is -2.41. The summed E-state index contributed by atoms with van der Waals surface area (Å²) in [6.45, 7) is 8.35. The van der Waals surface area contributed by atoms with Crippen molar-refractivity contribution in [3.8, 4) is 0 Å². The van der Waals surface area contributed by atoms with Crippen molar-refractivity contribution in [3.63, 3.8) is 0 Å². The van der Waals surface area contributed by atoms with Crippen molar-refractivity contribution in [1.82, 2.24) is 10.2 Å². The van der Waals surface area contributed by atoms with E-state index in [9.17, 15) is 0 Å². The van der Waals surface area contributed by atoms with Gasteiger partial charge in [-0.25, -0.2) is 0 Å². The van der Waals surface area contributed by atoms with Crippen LogP contribution in [-0.4, -0.2) is 36.6 Å². The van der Waals surface area contributed by atoms with Crippen LogP contribution in [-0.2, 0) is 6.42 Å². The standard InChI is InChI=1S/C18H30N2/c1-3-8-18-15-20(14-7-13-19-18)16(2)11-12-17-9-5-4-6-10-17/h4-6,9-10,16,18-19H,3,7-8,11-15H2,1-2H3. The molecule has 0 radical (unpaired) electrons. The van der Waals surface area contributed by atoms with E-state index < -0.39 is 0 Å². The Morgan fingerprint density at radius 3 is 2.85 bits per heavy atom. The summed E-state index contributed by atoms with van der Waals surface area (Å²) < 4.78 is 0. The number of rotatable bonds is 6. The van der Waals surface area contributed by atoms with Gasteiger partial charge in [-0.1, -0.05) is 43.7 Å². The lowest BCUT2D eigenvalue weighted by molar-refractivity contribution is 0.193. The van der Waals surface area contributed by atoms with Gasteiger partial charge in [0.1, 0.15) is 0 Å². The SMILES string of the molecule is CCCC1CN(C(C)CCc2ccccc2)CCCN1. The van der Waals surface area contributed by atoms with Crippen molar-refractivity contribution in [1.29, 1.82) is 0 Å². The molecule has 1 fully saturated rings. The molecule has 1 aliphatic rings. The Bertz CT molecular complexity index is 363. The van der Waals surface area contributed by atoms with Crippen molar-refractivity contribution in [2.24, 2.45) is 0 Å². The second kappa shape index (κ2) is 8.43. The molecule has 1 heterocycles. The first-order chi connectivity index (χ1) is 9.79. The molecule has 0 aromatic heterocycles. The number of nitrogens with one attached hydrogen (secondary N) is 1. The fourth-order valence-electron chi connectivity index (χ4n) is 3.17. The van der Waals surface area contributed by atoms with Crippen LogP contribution in [0, 0.1) is 0 Å². The van der Waals surface area contributed by atoms with Crippen molar-refractivity contribution < 1.29 is 0 Å². The van der Waals surface area contributed by atoms with Gasteiger partial charge in [0.05, 0.1) is 0 Å². The molecule has 0 saturated carbocycles. The van der Waals surface area contributed by atoms with Crippen molar-refractivity contribution in [2.45, 2.75) is 58.0 Å². The van der Waals surface area contributed by atoms with Crippen LogP contribution in [0.4, 0.5) is 0 Å². The van der Waals surface area contributed by atoms with Crippen LogP contribution in [0.5, 0.6) is 0 Å². The number of hydrogen-bond donors (Lipinski definition) is 1. The summed E-state index contributed by atoms with van der Waals surface area (Å²) in [6.07, 6.45) is 6.34. The molecule has 1 N–H and O–H groups in total. The third-order valence-electron chi connectivity index (χ3n) is 4.46. The molecule has 1 aliphatic heterocycles. The Morgan fingerprint density at radius 1 is 1.30 bits per heavy atom. The summed E-state index contributed by atoms with van der Waals surface area (Å²) in [5.74, 6) is 0. The second-order valence-corrected chi connectivity index (χ2v) is 6.16. The molecule has 2 heteroatoms. The second-order valence-electron chi connectivity index (χ2n) is 6.16. The maximum Gasteiger partial charge on any atom is 0.0195 e. The van der Waals surface area contributed by atoms with E-state index in [0.717, 1.165) is 0 Å². The van der Waals surface area contributed by atoms with E-state index >= 15 is 0 Å². The van der Waals surface area contributed by atoms with Gasteiger partial charge in [0.15, 0.2) is 0 Å². The minimum atomic E-state index is 0.689. The van der Waals surface area contributed by atoms with Crippen LogP contribution in [0.3, 0.4) is 0 Å². The molecule has 1 aromatic carbocycles. The number of nitrogens with zero attached hydrogens (tertiary/aromatic N) is 1. The Labute approximate surface area is 124 Å². The third kappa shape index (κ3) is 4.92. The molecular weight excluding hydrogens is 244 g/mol. The lowest BCUT2D eigenvalue weighted by atomic mass is 10.0. The first kappa shape index (κ1) is 15.5. The molecule has 2 nitrogen and oxygen atoms in total. The van der Waals surface area contributed by atoms with Crippen LogP contribution >= 0.6 is 0 Å². The van der Waals surface area contributed by atoms with E-state index in [1.807, 2.05) is 0 Å². The number of aryl methyl sites for hydroxylation is 1. The van der Waals surface area contributed by atoms with Crippen LogP contribution in [0.1, 0.15) is 45.1 Å². The minimum Gasteiger partial charge on any atom is -0.313 e. The van der Waals surface area contributed by atoms with Crippen molar-refractivity contribution in [3.05, 3.63) is 35.9 Å². The molecule has 2 rings (SSSR count). The van der Waals surface area contributed by atoms with Crippen molar-refractivity contribution >= 4 is 0 Å². The molecule has 0 aliphatic carbocycles. The highest BCUT2D eigenvalue weighted by Crippen LogP contribution is 2.14. The van der Waals surface area contributed by atoms with Gasteiger partial charge in [0.25, 0.3) is 0 Å².